The van der Waals surface area contributed by atoms with Gasteiger partial charge in [0.15, 0.2) is 0 Å². The molecule has 2 rings (SSSR count). The van der Waals surface area contributed by atoms with Crippen molar-refractivity contribution < 1.29 is 4.74 Å². The van der Waals surface area contributed by atoms with E-state index < -0.39 is 0 Å². The third-order valence-electron chi connectivity index (χ3n) is 2.88. The van der Waals surface area contributed by atoms with Crippen LogP contribution in [0.3, 0.4) is 0 Å². The zero-order valence-electron chi connectivity index (χ0n) is 8.54. The first-order chi connectivity index (χ1) is 6.34. The van der Waals surface area contributed by atoms with Crippen LogP contribution < -0.4 is 0 Å². The molecule has 1 saturated heterocycles. The molecule has 1 saturated carbocycles. The summed E-state index contributed by atoms with van der Waals surface area (Å²) in [5, 5.41) is 0. The molecule has 0 spiro atoms. The Kier molecular flexibility index (Phi) is 3.19. The lowest BCUT2D eigenvalue weighted by atomic mass is 10.3. The van der Waals surface area contributed by atoms with Crippen LogP contribution in [0.15, 0.2) is 0 Å². The first kappa shape index (κ1) is 9.44. The number of ether oxygens (including phenoxy) is 1. The van der Waals surface area contributed by atoms with Crippen molar-refractivity contribution in [3.8, 4) is 0 Å². The minimum absolute atomic E-state index is 0.618. The molecule has 0 aromatic heterocycles. The average Bonchev–Trinajstić information content (AvgIpc) is 2.92. The second-order valence-electron chi connectivity index (χ2n) is 4.22. The van der Waals surface area contributed by atoms with Crippen LogP contribution >= 0.6 is 0 Å². The predicted octanol–water partition coefficient (Wildman–Crippen LogP) is 0.413. The molecule has 13 heavy (non-hydrogen) atoms. The Morgan fingerprint density at radius 1 is 1.15 bits per heavy atom. The summed E-state index contributed by atoms with van der Waals surface area (Å²) >= 11 is 0. The summed E-state index contributed by atoms with van der Waals surface area (Å²) in [6.45, 7) is 6.92. The molecule has 0 unspecified atom stereocenters. The Hall–Kier alpha value is -0.120. The van der Waals surface area contributed by atoms with Crippen molar-refractivity contribution in [2.24, 2.45) is 0 Å². The summed E-state index contributed by atoms with van der Waals surface area (Å²) in [5.74, 6) is 0. The quantitative estimate of drug-likeness (QED) is 0.629. The van der Waals surface area contributed by atoms with Gasteiger partial charge in [-0.3, -0.25) is 4.90 Å². The van der Waals surface area contributed by atoms with Crippen molar-refractivity contribution in [2.45, 2.75) is 18.9 Å². The highest BCUT2D eigenvalue weighted by molar-refractivity contribution is 4.74. The van der Waals surface area contributed by atoms with Gasteiger partial charge in [-0.25, -0.2) is 0 Å². The van der Waals surface area contributed by atoms with Crippen molar-refractivity contribution in [3.63, 3.8) is 0 Å². The number of nitrogens with zero attached hydrogens (tertiary/aromatic N) is 2. The molecule has 0 N–H and O–H groups in total. The number of likely N-dealkylation sites (N-methyl/N-ethyl adjacent to an activating group) is 1. The van der Waals surface area contributed by atoms with E-state index >= 15 is 0 Å². The van der Waals surface area contributed by atoms with Crippen LogP contribution in [-0.4, -0.2) is 62.3 Å². The zero-order chi connectivity index (χ0) is 9.10. The normalized spacial score (nSPS) is 26.5. The van der Waals surface area contributed by atoms with Crippen molar-refractivity contribution >= 4 is 0 Å². The molecule has 1 aliphatic carbocycles. The molecule has 2 aliphatic rings. The lowest BCUT2D eigenvalue weighted by Gasteiger charge is -2.32. The summed E-state index contributed by atoms with van der Waals surface area (Å²) < 4.78 is 5.63. The van der Waals surface area contributed by atoms with E-state index in [0.717, 1.165) is 13.2 Å². The second kappa shape index (κ2) is 4.40. The van der Waals surface area contributed by atoms with Gasteiger partial charge in [0.05, 0.1) is 12.7 Å². The molecule has 0 amide bonds. The van der Waals surface area contributed by atoms with Gasteiger partial charge >= 0.3 is 0 Å². The van der Waals surface area contributed by atoms with E-state index in [1.54, 1.807) is 0 Å². The van der Waals surface area contributed by atoms with E-state index in [9.17, 15) is 0 Å². The minimum Gasteiger partial charge on any atom is -0.377 e. The summed E-state index contributed by atoms with van der Waals surface area (Å²) in [6, 6.07) is 0. The van der Waals surface area contributed by atoms with Crippen LogP contribution in [-0.2, 0) is 4.74 Å². The molecule has 3 nitrogen and oxygen atoms in total. The van der Waals surface area contributed by atoms with Gasteiger partial charge in [0.25, 0.3) is 0 Å². The molecule has 1 heterocycles. The van der Waals surface area contributed by atoms with Crippen LogP contribution in [0.4, 0.5) is 0 Å². The predicted molar refractivity (Wildman–Crippen MR) is 52.9 cm³/mol. The highest BCUT2D eigenvalue weighted by atomic mass is 16.5. The first-order valence-corrected chi connectivity index (χ1v) is 5.37. The van der Waals surface area contributed by atoms with Gasteiger partial charge in [-0.15, -0.1) is 0 Å². The van der Waals surface area contributed by atoms with Crippen molar-refractivity contribution in [1.29, 1.82) is 0 Å². The van der Waals surface area contributed by atoms with E-state index in [4.69, 9.17) is 4.74 Å². The topological polar surface area (TPSA) is 15.7 Å². The fraction of sp³-hybridized carbons (Fsp3) is 1.00. The summed E-state index contributed by atoms with van der Waals surface area (Å²) in [7, 11) is 2.19. The Bertz CT molecular complexity index is 151. The number of rotatable bonds is 4. The van der Waals surface area contributed by atoms with Gasteiger partial charge in [-0.1, -0.05) is 0 Å². The SMILES string of the molecule is CN1CCN(CCOC2CC2)CC1. The molecular weight excluding hydrogens is 164 g/mol. The van der Waals surface area contributed by atoms with Gasteiger partial charge in [0.2, 0.25) is 0 Å². The molecule has 0 radical (unpaired) electrons. The van der Waals surface area contributed by atoms with Crippen molar-refractivity contribution in [3.05, 3.63) is 0 Å². The molecule has 3 heteroatoms. The van der Waals surface area contributed by atoms with E-state index in [1.165, 1.54) is 39.0 Å². The van der Waals surface area contributed by atoms with Crippen LogP contribution in [0.25, 0.3) is 0 Å². The third-order valence-corrected chi connectivity index (χ3v) is 2.88. The van der Waals surface area contributed by atoms with Gasteiger partial charge < -0.3 is 9.64 Å². The fourth-order valence-corrected chi connectivity index (χ4v) is 1.65. The van der Waals surface area contributed by atoms with E-state index in [0.29, 0.717) is 6.10 Å². The van der Waals surface area contributed by atoms with E-state index in [2.05, 4.69) is 16.8 Å². The smallest absolute Gasteiger partial charge is 0.0597 e. The van der Waals surface area contributed by atoms with Gasteiger partial charge in [-0.2, -0.15) is 0 Å². The zero-order valence-corrected chi connectivity index (χ0v) is 8.54. The molecule has 2 fully saturated rings. The average molecular weight is 184 g/mol. The molecule has 0 atom stereocenters. The summed E-state index contributed by atoms with van der Waals surface area (Å²) in [6.07, 6.45) is 3.21. The largest absolute Gasteiger partial charge is 0.377 e. The molecule has 0 aromatic carbocycles. The highest BCUT2D eigenvalue weighted by Gasteiger charge is 2.22. The fourth-order valence-electron chi connectivity index (χ4n) is 1.65. The van der Waals surface area contributed by atoms with Gasteiger partial charge in [0, 0.05) is 32.7 Å². The van der Waals surface area contributed by atoms with E-state index in [-0.39, 0.29) is 0 Å². The van der Waals surface area contributed by atoms with Crippen LogP contribution in [0.1, 0.15) is 12.8 Å². The van der Waals surface area contributed by atoms with Gasteiger partial charge in [0.1, 0.15) is 0 Å². The Morgan fingerprint density at radius 2 is 1.85 bits per heavy atom. The first-order valence-electron chi connectivity index (χ1n) is 5.37. The maximum absolute atomic E-state index is 5.63. The van der Waals surface area contributed by atoms with Crippen molar-refractivity contribution in [2.75, 3.05) is 46.4 Å². The monoisotopic (exact) mass is 184 g/mol. The van der Waals surface area contributed by atoms with E-state index in [1.807, 2.05) is 0 Å². The number of piperazine rings is 1. The van der Waals surface area contributed by atoms with Crippen LogP contribution in [0.2, 0.25) is 0 Å². The molecule has 0 bridgehead atoms. The standard InChI is InChI=1S/C10H20N2O/c1-11-4-6-12(7-5-11)8-9-13-10-2-3-10/h10H,2-9H2,1H3. The lowest BCUT2D eigenvalue weighted by Crippen LogP contribution is -2.45. The number of hydrogen-bond donors (Lipinski definition) is 0. The Balaban J connectivity index is 1.53. The van der Waals surface area contributed by atoms with Gasteiger partial charge in [-0.05, 0) is 19.9 Å². The van der Waals surface area contributed by atoms with Crippen molar-refractivity contribution in [1.82, 2.24) is 9.80 Å². The maximum atomic E-state index is 5.63. The summed E-state index contributed by atoms with van der Waals surface area (Å²) in [4.78, 5) is 4.89. The molecule has 76 valence electrons. The van der Waals surface area contributed by atoms with Crippen LogP contribution in [0.5, 0.6) is 0 Å². The molecule has 0 aromatic rings. The molecular formula is C10H20N2O. The lowest BCUT2D eigenvalue weighted by molar-refractivity contribution is 0.0733. The minimum atomic E-state index is 0.618. The summed E-state index contributed by atoms with van der Waals surface area (Å²) in [5.41, 5.74) is 0. The maximum Gasteiger partial charge on any atom is 0.0597 e. The second-order valence-corrected chi connectivity index (χ2v) is 4.22. The molecule has 1 aliphatic heterocycles. The highest BCUT2D eigenvalue weighted by Crippen LogP contribution is 2.23. The Morgan fingerprint density at radius 3 is 2.46 bits per heavy atom. The Labute approximate surface area is 80.6 Å². The third kappa shape index (κ3) is 3.25. The van der Waals surface area contributed by atoms with Crippen LogP contribution in [0, 0.1) is 0 Å². The number of hydrogen-bond acceptors (Lipinski definition) is 3.